The van der Waals surface area contributed by atoms with Crippen LogP contribution in [0.5, 0.6) is 0 Å². The van der Waals surface area contributed by atoms with Gasteiger partial charge in [0.2, 0.25) is 0 Å². The standard InChI is InChI=1S/C21H23NO/c1-21-14-8-13-17(23)18(21)19(15-9-4-2-5-10-15)22-20(21)16-11-6-3-7-12-16/h2-7,9-12,18-20,22H,8,13-14H2,1H3/t18-,19+,20-,21-/m1/s1. The zero-order valence-electron chi connectivity index (χ0n) is 13.5. The van der Waals surface area contributed by atoms with Crippen molar-refractivity contribution in [2.75, 3.05) is 0 Å². The van der Waals surface area contributed by atoms with Crippen molar-refractivity contribution in [3.8, 4) is 0 Å². The van der Waals surface area contributed by atoms with Gasteiger partial charge in [0.15, 0.2) is 0 Å². The summed E-state index contributed by atoms with van der Waals surface area (Å²) in [7, 11) is 0. The lowest BCUT2D eigenvalue weighted by molar-refractivity contribution is -0.129. The molecule has 2 fully saturated rings. The number of carbonyl (C=O) groups is 1. The molecular formula is C21H23NO. The van der Waals surface area contributed by atoms with Crippen LogP contribution in [0.1, 0.15) is 49.4 Å². The molecule has 0 bridgehead atoms. The zero-order valence-corrected chi connectivity index (χ0v) is 13.5. The van der Waals surface area contributed by atoms with Gasteiger partial charge in [0.1, 0.15) is 5.78 Å². The van der Waals surface area contributed by atoms with Crippen molar-refractivity contribution in [1.29, 1.82) is 0 Å². The highest BCUT2D eigenvalue weighted by atomic mass is 16.1. The third kappa shape index (κ3) is 2.33. The van der Waals surface area contributed by atoms with Crippen molar-refractivity contribution in [2.45, 2.75) is 38.3 Å². The highest BCUT2D eigenvalue weighted by Gasteiger charge is 2.56. The average Bonchev–Trinajstić information content (AvgIpc) is 2.91. The summed E-state index contributed by atoms with van der Waals surface area (Å²) in [6, 6.07) is 21.4. The number of benzene rings is 2. The molecule has 4 rings (SSSR count). The Morgan fingerprint density at radius 1 is 0.957 bits per heavy atom. The Bertz CT molecular complexity index is 696. The molecule has 0 aromatic heterocycles. The van der Waals surface area contributed by atoms with Gasteiger partial charge in [-0.2, -0.15) is 0 Å². The topological polar surface area (TPSA) is 29.1 Å². The smallest absolute Gasteiger partial charge is 0.138 e. The Morgan fingerprint density at radius 2 is 1.57 bits per heavy atom. The summed E-state index contributed by atoms with van der Waals surface area (Å²) in [6.45, 7) is 2.31. The fourth-order valence-corrected chi connectivity index (χ4v) is 4.75. The minimum Gasteiger partial charge on any atom is -0.302 e. The quantitative estimate of drug-likeness (QED) is 0.888. The molecule has 2 nitrogen and oxygen atoms in total. The highest BCUT2D eigenvalue weighted by molar-refractivity contribution is 5.84. The Morgan fingerprint density at radius 3 is 2.22 bits per heavy atom. The molecule has 0 spiro atoms. The number of ketones is 1. The van der Waals surface area contributed by atoms with Crippen LogP contribution in [0.4, 0.5) is 0 Å². The molecular weight excluding hydrogens is 282 g/mol. The molecule has 2 heteroatoms. The molecule has 2 aromatic carbocycles. The fraction of sp³-hybridized carbons (Fsp3) is 0.381. The second-order valence-electron chi connectivity index (χ2n) is 7.20. The molecule has 1 aliphatic heterocycles. The van der Waals surface area contributed by atoms with Gasteiger partial charge < -0.3 is 5.32 Å². The van der Waals surface area contributed by atoms with Gasteiger partial charge in [-0.1, -0.05) is 67.6 Å². The van der Waals surface area contributed by atoms with E-state index < -0.39 is 0 Å². The second-order valence-corrected chi connectivity index (χ2v) is 7.20. The molecule has 1 N–H and O–H groups in total. The molecule has 2 aliphatic rings. The van der Waals surface area contributed by atoms with Crippen LogP contribution in [0.15, 0.2) is 60.7 Å². The van der Waals surface area contributed by atoms with Gasteiger partial charge in [-0.05, 0) is 29.4 Å². The lowest BCUT2D eigenvalue weighted by atomic mass is 9.62. The van der Waals surface area contributed by atoms with E-state index in [1.165, 1.54) is 11.1 Å². The summed E-state index contributed by atoms with van der Waals surface area (Å²) < 4.78 is 0. The van der Waals surface area contributed by atoms with Crippen molar-refractivity contribution in [2.24, 2.45) is 11.3 Å². The maximum absolute atomic E-state index is 12.8. The molecule has 1 saturated carbocycles. The van der Waals surface area contributed by atoms with Crippen LogP contribution in [-0.4, -0.2) is 5.78 Å². The summed E-state index contributed by atoms with van der Waals surface area (Å²) in [5.74, 6) is 0.502. The number of hydrogen-bond donors (Lipinski definition) is 1. The molecule has 0 radical (unpaired) electrons. The molecule has 4 atom stereocenters. The Labute approximate surface area is 137 Å². The third-order valence-electron chi connectivity index (χ3n) is 5.83. The van der Waals surface area contributed by atoms with Crippen molar-refractivity contribution < 1.29 is 4.79 Å². The summed E-state index contributed by atoms with van der Waals surface area (Å²) in [6.07, 6.45) is 2.85. The number of hydrogen-bond acceptors (Lipinski definition) is 2. The Balaban J connectivity index is 1.79. The lowest BCUT2D eigenvalue weighted by Gasteiger charge is -2.39. The minimum absolute atomic E-state index is 0.00278. The van der Waals surface area contributed by atoms with Crippen LogP contribution < -0.4 is 5.32 Å². The third-order valence-corrected chi connectivity index (χ3v) is 5.83. The largest absolute Gasteiger partial charge is 0.302 e. The van der Waals surface area contributed by atoms with Crippen LogP contribution in [0.25, 0.3) is 0 Å². The Kier molecular flexibility index (Phi) is 3.57. The SMILES string of the molecule is C[C@@]12CCCC(=O)[C@@H]1[C@H](c1ccccc1)N[C@@H]2c1ccccc1. The number of fused-ring (bicyclic) bond motifs is 1. The van der Waals surface area contributed by atoms with Gasteiger partial charge in [0, 0.05) is 24.4 Å². The van der Waals surface area contributed by atoms with Gasteiger partial charge in [0.05, 0.1) is 0 Å². The van der Waals surface area contributed by atoms with Crippen molar-refractivity contribution in [1.82, 2.24) is 5.32 Å². The number of carbonyl (C=O) groups excluding carboxylic acids is 1. The first kappa shape index (κ1) is 14.6. The number of Topliss-reactive ketones (excluding diaryl/α,β-unsaturated/α-hetero) is 1. The summed E-state index contributed by atoms with van der Waals surface area (Å²) in [4.78, 5) is 12.8. The van der Waals surface area contributed by atoms with E-state index in [0.29, 0.717) is 5.78 Å². The van der Waals surface area contributed by atoms with Gasteiger partial charge in [0.25, 0.3) is 0 Å². The normalized spacial score (nSPS) is 33.4. The second kappa shape index (κ2) is 5.61. The zero-order chi connectivity index (χ0) is 15.9. The maximum atomic E-state index is 12.8. The van der Waals surface area contributed by atoms with Crippen molar-refractivity contribution in [3.63, 3.8) is 0 Å². The molecule has 2 aromatic rings. The lowest BCUT2D eigenvalue weighted by Crippen LogP contribution is -2.38. The highest BCUT2D eigenvalue weighted by Crippen LogP contribution is 2.57. The molecule has 118 valence electrons. The summed E-state index contributed by atoms with van der Waals surface area (Å²) >= 11 is 0. The summed E-state index contributed by atoms with van der Waals surface area (Å²) in [5, 5.41) is 3.82. The van der Waals surface area contributed by atoms with Crippen LogP contribution in [-0.2, 0) is 4.79 Å². The van der Waals surface area contributed by atoms with E-state index in [1.54, 1.807) is 0 Å². The van der Waals surface area contributed by atoms with Crippen LogP contribution in [0.3, 0.4) is 0 Å². The first-order valence-electron chi connectivity index (χ1n) is 8.59. The fourth-order valence-electron chi connectivity index (χ4n) is 4.75. The van der Waals surface area contributed by atoms with Gasteiger partial charge >= 0.3 is 0 Å². The van der Waals surface area contributed by atoms with E-state index in [-0.39, 0.29) is 23.4 Å². The molecule has 1 heterocycles. The van der Waals surface area contributed by atoms with Crippen LogP contribution in [0.2, 0.25) is 0 Å². The van der Waals surface area contributed by atoms with Gasteiger partial charge in [-0.15, -0.1) is 0 Å². The van der Waals surface area contributed by atoms with Crippen molar-refractivity contribution in [3.05, 3.63) is 71.8 Å². The minimum atomic E-state index is -0.00278. The van der Waals surface area contributed by atoms with E-state index >= 15 is 0 Å². The van der Waals surface area contributed by atoms with E-state index in [4.69, 9.17) is 0 Å². The van der Waals surface area contributed by atoms with Gasteiger partial charge in [-0.3, -0.25) is 4.79 Å². The van der Waals surface area contributed by atoms with E-state index in [9.17, 15) is 4.79 Å². The molecule has 1 aliphatic carbocycles. The maximum Gasteiger partial charge on any atom is 0.138 e. The predicted octanol–water partition coefficient (Wildman–Crippen LogP) is 4.45. The van der Waals surface area contributed by atoms with Crippen molar-refractivity contribution >= 4 is 5.78 Å². The van der Waals surface area contributed by atoms with E-state index in [0.717, 1.165) is 19.3 Å². The molecule has 1 saturated heterocycles. The van der Waals surface area contributed by atoms with E-state index in [2.05, 4.69) is 66.8 Å². The van der Waals surface area contributed by atoms with Gasteiger partial charge in [-0.25, -0.2) is 0 Å². The number of nitrogens with one attached hydrogen (secondary N) is 1. The molecule has 0 unspecified atom stereocenters. The predicted molar refractivity (Wildman–Crippen MR) is 92.0 cm³/mol. The molecule has 0 amide bonds. The Hall–Kier alpha value is -1.93. The number of rotatable bonds is 2. The molecule has 23 heavy (non-hydrogen) atoms. The van der Waals surface area contributed by atoms with Crippen LogP contribution in [0, 0.1) is 11.3 Å². The van der Waals surface area contributed by atoms with Crippen LogP contribution >= 0.6 is 0 Å². The average molecular weight is 305 g/mol. The monoisotopic (exact) mass is 305 g/mol. The summed E-state index contributed by atoms with van der Waals surface area (Å²) in [5.41, 5.74) is 2.53. The first-order chi connectivity index (χ1) is 11.2. The van der Waals surface area contributed by atoms with E-state index in [1.807, 2.05) is 6.07 Å². The first-order valence-corrected chi connectivity index (χ1v) is 8.59.